The number of nitrogens with one attached hydrogen (secondary N) is 2. The second-order valence-electron chi connectivity index (χ2n) is 4.48. The summed E-state index contributed by atoms with van der Waals surface area (Å²) in [4.78, 5) is 12.2. The molecule has 96 valence electrons. The number of rotatable bonds is 6. The van der Waals surface area contributed by atoms with Gasteiger partial charge in [-0.15, -0.1) is 0 Å². The maximum Gasteiger partial charge on any atom is 0.228 e. The van der Waals surface area contributed by atoms with Crippen molar-refractivity contribution in [2.45, 2.75) is 25.7 Å². The number of hydrogen-bond acceptors (Lipinski definition) is 4. The molecule has 0 radical (unpaired) electrons. The highest BCUT2D eigenvalue weighted by Gasteiger charge is 2.39. The lowest BCUT2D eigenvalue weighted by molar-refractivity contribution is -0.136. The SMILES string of the molecule is COCC1(C(=O)NCCCC#N)CCNCC1. The van der Waals surface area contributed by atoms with E-state index in [1.54, 1.807) is 7.11 Å². The minimum Gasteiger partial charge on any atom is -0.384 e. The van der Waals surface area contributed by atoms with Crippen LogP contribution in [0.3, 0.4) is 0 Å². The Morgan fingerprint density at radius 1 is 1.53 bits per heavy atom. The monoisotopic (exact) mass is 239 g/mol. The van der Waals surface area contributed by atoms with Crippen molar-refractivity contribution in [2.75, 3.05) is 33.4 Å². The molecule has 5 nitrogen and oxygen atoms in total. The summed E-state index contributed by atoms with van der Waals surface area (Å²) in [5.74, 6) is 0.0683. The number of hydrogen-bond donors (Lipinski definition) is 2. The molecule has 17 heavy (non-hydrogen) atoms. The van der Waals surface area contributed by atoms with E-state index in [1.165, 1.54) is 0 Å². The fourth-order valence-corrected chi connectivity index (χ4v) is 2.18. The lowest BCUT2D eigenvalue weighted by atomic mass is 9.78. The van der Waals surface area contributed by atoms with Gasteiger partial charge < -0.3 is 15.4 Å². The summed E-state index contributed by atoms with van der Waals surface area (Å²) in [5, 5.41) is 14.6. The molecule has 0 unspecified atom stereocenters. The summed E-state index contributed by atoms with van der Waals surface area (Å²) >= 11 is 0. The fraction of sp³-hybridized carbons (Fsp3) is 0.833. The second-order valence-corrected chi connectivity index (χ2v) is 4.48. The Kier molecular flexibility index (Phi) is 5.95. The van der Waals surface area contributed by atoms with Crippen LogP contribution < -0.4 is 10.6 Å². The zero-order chi connectivity index (χ0) is 12.6. The number of amides is 1. The molecule has 5 heteroatoms. The van der Waals surface area contributed by atoms with Crippen molar-refractivity contribution in [1.29, 1.82) is 5.26 Å². The van der Waals surface area contributed by atoms with Crippen LogP contribution in [0.15, 0.2) is 0 Å². The first-order chi connectivity index (χ1) is 8.25. The standard InChI is InChI=1S/C12H21N3O2/c1-17-10-12(4-8-14-9-5-12)11(16)15-7-3-2-6-13/h14H,2-5,7-10H2,1H3,(H,15,16). The van der Waals surface area contributed by atoms with Crippen molar-refractivity contribution >= 4 is 5.91 Å². The van der Waals surface area contributed by atoms with Crippen LogP contribution in [-0.2, 0) is 9.53 Å². The van der Waals surface area contributed by atoms with Gasteiger partial charge in [0.15, 0.2) is 0 Å². The first-order valence-corrected chi connectivity index (χ1v) is 6.10. The number of nitrogens with zero attached hydrogens (tertiary/aromatic N) is 1. The maximum absolute atomic E-state index is 12.2. The fourth-order valence-electron chi connectivity index (χ4n) is 2.18. The molecular formula is C12H21N3O2. The predicted octanol–water partition coefficient (Wildman–Crippen LogP) is 0.423. The lowest BCUT2D eigenvalue weighted by Crippen LogP contribution is -2.50. The Hall–Kier alpha value is -1.12. The van der Waals surface area contributed by atoms with Crippen LogP contribution in [0.4, 0.5) is 0 Å². The molecule has 1 amide bonds. The molecule has 1 fully saturated rings. The Labute approximate surface area is 103 Å². The van der Waals surface area contributed by atoms with Crippen molar-refractivity contribution < 1.29 is 9.53 Å². The van der Waals surface area contributed by atoms with E-state index in [0.29, 0.717) is 26.0 Å². The number of unbranched alkanes of at least 4 members (excludes halogenated alkanes) is 1. The van der Waals surface area contributed by atoms with Crippen LogP contribution in [-0.4, -0.2) is 39.3 Å². The zero-order valence-corrected chi connectivity index (χ0v) is 10.4. The number of carbonyl (C=O) groups is 1. The average Bonchev–Trinajstić information content (AvgIpc) is 2.36. The molecule has 1 rings (SSSR count). The Bertz CT molecular complexity index is 274. The van der Waals surface area contributed by atoms with Gasteiger partial charge in [-0.1, -0.05) is 0 Å². The van der Waals surface area contributed by atoms with Gasteiger partial charge in [0.1, 0.15) is 0 Å². The number of piperidine rings is 1. The van der Waals surface area contributed by atoms with Gasteiger partial charge in [-0.05, 0) is 32.4 Å². The van der Waals surface area contributed by atoms with Crippen LogP contribution >= 0.6 is 0 Å². The average molecular weight is 239 g/mol. The van der Waals surface area contributed by atoms with E-state index in [-0.39, 0.29) is 11.3 Å². The van der Waals surface area contributed by atoms with E-state index in [9.17, 15) is 4.79 Å². The van der Waals surface area contributed by atoms with Gasteiger partial charge in [0.05, 0.1) is 18.1 Å². The van der Waals surface area contributed by atoms with Crippen LogP contribution in [0.5, 0.6) is 0 Å². The summed E-state index contributed by atoms with van der Waals surface area (Å²) in [7, 11) is 1.63. The normalized spacial score (nSPS) is 18.4. The summed E-state index contributed by atoms with van der Waals surface area (Å²) < 4.78 is 5.19. The lowest BCUT2D eigenvalue weighted by Gasteiger charge is -2.35. The third kappa shape index (κ3) is 3.99. The highest BCUT2D eigenvalue weighted by molar-refractivity contribution is 5.82. The van der Waals surface area contributed by atoms with E-state index in [4.69, 9.17) is 10.00 Å². The van der Waals surface area contributed by atoms with Crippen LogP contribution in [0, 0.1) is 16.7 Å². The van der Waals surface area contributed by atoms with Crippen LogP contribution in [0.2, 0.25) is 0 Å². The largest absolute Gasteiger partial charge is 0.384 e. The van der Waals surface area contributed by atoms with Crippen molar-refractivity contribution in [3.63, 3.8) is 0 Å². The van der Waals surface area contributed by atoms with Gasteiger partial charge in [0, 0.05) is 20.1 Å². The third-order valence-electron chi connectivity index (χ3n) is 3.21. The molecule has 1 saturated heterocycles. The van der Waals surface area contributed by atoms with Gasteiger partial charge in [-0.25, -0.2) is 0 Å². The van der Waals surface area contributed by atoms with Crippen LogP contribution in [0.1, 0.15) is 25.7 Å². The van der Waals surface area contributed by atoms with E-state index in [1.807, 2.05) is 0 Å². The molecule has 0 aliphatic carbocycles. The first-order valence-electron chi connectivity index (χ1n) is 6.10. The summed E-state index contributed by atoms with van der Waals surface area (Å²) in [6.07, 6.45) is 2.82. The maximum atomic E-state index is 12.2. The van der Waals surface area contributed by atoms with E-state index in [0.717, 1.165) is 25.9 Å². The molecule has 0 aromatic rings. The van der Waals surface area contributed by atoms with Crippen molar-refractivity contribution in [3.8, 4) is 6.07 Å². The summed E-state index contributed by atoms with van der Waals surface area (Å²) in [6, 6.07) is 2.07. The third-order valence-corrected chi connectivity index (χ3v) is 3.21. The van der Waals surface area contributed by atoms with E-state index >= 15 is 0 Å². The smallest absolute Gasteiger partial charge is 0.228 e. The molecule has 0 bridgehead atoms. The van der Waals surface area contributed by atoms with Gasteiger partial charge in [-0.3, -0.25) is 4.79 Å². The molecule has 0 spiro atoms. The molecule has 0 aromatic carbocycles. The highest BCUT2D eigenvalue weighted by atomic mass is 16.5. The number of methoxy groups -OCH3 is 1. The highest BCUT2D eigenvalue weighted by Crippen LogP contribution is 2.29. The molecule has 0 aromatic heterocycles. The van der Waals surface area contributed by atoms with Gasteiger partial charge in [0.25, 0.3) is 0 Å². The van der Waals surface area contributed by atoms with Gasteiger partial charge in [-0.2, -0.15) is 5.26 Å². The van der Waals surface area contributed by atoms with Crippen molar-refractivity contribution in [2.24, 2.45) is 5.41 Å². The topological polar surface area (TPSA) is 74.1 Å². The Morgan fingerprint density at radius 3 is 2.82 bits per heavy atom. The van der Waals surface area contributed by atoms with E-state index < -0.39 is 0 Å². The molecule has 0 saturated carbocycles. The Morgan fingerprint density at radius 2 is 2.24 bits per heavy atom. The van der Waals surface area contributed by atoms with E-state index in [2.05, 4.69) is 16.7 Å². The number of ether oxygens (including phenoxy) is 1. The Balaban J connectivity index is 2.45. The molecular weight excluding hydrogens is 218 g/mol. The second kappa shape index (κ2) is 7.25. The first kappa shape index (κ1) is 13.9. The van der Waals surface area contributed by atoms with Crippen LogP contribution in [0.25, 0.3) is 0 Å². The van der Waals surface area contributed by atoms with Gasteiger partial charge in [0.2, 0.25) is 5.91 Å². The zero-order valence-electron chi connectivity index (χ0n) is 10.4. The number of carbonyl (C=O) groups excluding carboxylic acids is 1. The quantitative estimate of drug-likeness (QED) is 0.659. The minimum absolute atomic E-state index is 0.0683. The number of nitriles is 1. The molecule has 1 heterocycles. The predicted molar refractivity (Wildman–Crippen MR) is 64.3 cm³/mol. The van der Waals surface area contributed by atoms with Crippen molar-refractivity contribution in [1.82, 2.24) is 10.6 Å². The molecule has 1 aliphatic heterocycles. The van der Waals surface area contributed by atoms with Crippen molar-refractivity contribution in [3.05, 3.63) is 0 Å². The minimum atomic E-state index is -0.382. The molecule has 2 N–H and O–H groups in total. The molecule has 0 atom stereocenters. The summed E-state index contributed by atoms with van der Waals surface area (Å²) in [5.41, 5.74) is -0.382. The van der Waals surface area contributed by atoms with Gasteiger partial charge >= 0.3 is 0 Å². The molecule has 1 aliphatic rings. The summed E-state index contributed by atoms with van der Waals surface area (Å²) in [6.45, 7) is 2.76.